The van der Waals surface area contributed by atoms with E-state index in [1.54, 1.807) is 30.5 Å². The van der Waals surface area contributed by atoms with Crippen molar-refractivity contribution in [1.29, 1.82) is 0 Å². The second kappa shape index (κ2) is 6.12. The fraction of sp³-hybridized carbons (Fsp3) is 0.214. The Kier molecular flexibility index (Phi) is 4.50. The minimum atomic E-state index is -0.749. The van der Waals surface area contributed by atoms with Gasteiger partial charge in [0.1, 0.15) is 5.82 Å². The number of aliphatic hydroxyl groups is 1. The fourth-order valence-corrected chi connectivity index (χ4v) is 2.25. The van der Waals surface area contributed by atoms with Gasteiger partial charge in [0.15, 0.2) is 0 Å². The number of hydrogen-bond acceptors (Lipinski definition) is 3. The lowest BCUT2D eigenvalue weighted by Gasteiger charge is -2.14. The van der Waals surface area contributed by atoms with Crippen LogP contribution < -0.4 is 4.74 Å². The van der Waals surface area contributed by atoms with Crippen LogP contribution in [-0.2, 0) is 6.42 Å². The number of aliphatic hydroxyl groups excluding tert-OH is 1. The van der Waals surface area contributed by atoms with Crippen LogP contribution in [0, 0.1) is 5.82 Å². The average molecular weight is 326 g/mol. The number of benzene rings is 1. The maximum absolute atomic E-state index is 13.1. The number of ether oxygens (including phenoxy) is 1. The summed E-state index contributed by atoms with van der Waals surface area (Å²) in [7, 11) is 1.51. The summed E-state index contributed by atoms with van der Waals surface area (Å²) >= 11 is 3.13. The number of rotatable bonds is 4. The number of nitrogens with zero attached hydrogens (tertiary/aromatic N) is 1. The summed E-state index contributed by atoms with van der Waals surface area (Å²) in [6, 6.07) is 8.16. The van der Waals surface area contributed by atoms with Gasteiger partial charge < -0.3 is 9.84 Å². The van der Waals surface area contributed by atoms with Crippen molar-refractivity contribution in [3.63, 3.8) is 0 Å². The van der Waals surface area contributed by atoms with Crippen LogP contribution in [0.2, 0.25) is 0 Å². The number of hydrogen-bond donors (Lipinski definition) is 1. The fourth-order valence-electron chi connectivity index (χ4n) is 1.83. The quantitative estimate of drug-likeness (QED) is 0.938. The molecule has 0 bridgehead atoms. The van der Waals surface area contributed by atoms with E-state index >= 15 is 0 Å². The molecule has 0 aliphatic carbocycles. The first-order valence-corrected chi connectivity index (χ1v) is 6.52. The Bertz CT molecular complexity index is 577. The van der Waals surface area contributed by atoms with Crippen LogP contribution in [0.3, 0.4) is 0 Å². The Morgan fingerprint density at radius 2 is 2.21 bits per heavy atom. The highest BCUT2D eigenvalue weighted by Gasteiger charge is 2.15. The Morgan fingerprint density at radius 3 is 2.89 bits per heavy atom. The molecular weight excluding hydrogens is 313 g/mol. The summed E-state index contributed by atoms with van der Waals surface area (Å²) < 4.78 is 18.6. The van der Waals surface area contributed by atoms with E-state index < -0.39 is 6.10 Å². The molecule has 0 aliphatic rings. The third-order valence-corrected chi connectivity index (χ3v) is 3.37. The van der Waals surface area contributed by atoms with Gasteiger partial charge in [-0.05, 0) is 45.8 Å². The van der Waals surface area contributed by atoms with Crippen molar-refractivity contribution in [3.8, 4) is 5.88 Å². The van der Waals surface area contributed by atoms with Gasteiger partial charge in [0.25, 0.3) is 0 Å². The van der Waals surface area contributed by atoms with Gasteiger partial charge >= 0.3 is 0 Å². The van der Waals surface area contributed by atoms with E-state index in [1.807, 2.05) is 0 Å². The Hall–Kier alpha value is -1.46. The smallest absolute Gasteiger partial charge is 0.218 e. The van der Waals surface area contributed by atoms with E-state index in [2.05, 4.69) is 20.9 Å². The van der Waals surface area contributed by atoms with Crippen LogP contribution >= 0.6 is 15.9 Å². The second-order valence-corrected chi connectivity index (χ2v) is 4.92. The molecule has 2 rings (SSSR count). The Balaban J connectivity index is 2.20. The molecule has 19 heavy (non-hydrogen) atoms. The van der Waals surface area contributed by atoms with Gasteiger partial charge in [-0.25, -0.2) is 9.37 Å². The summed E-state index contributed by atoms with van der Waals surface area (Å²) in [5.74, 6) is 0.0772. The van der Waals surface area contributed by atoms with Crippen molar-refractivity contribution in [2.75, 3.05) is 7.11 Å². The molecule has 2 aromatic rings. The summed E-state index contributed by atoms with van der Waals surface area (Å²) in [6.45, 7) is 0. The topological polar surface area (TPSA) is 42.4 Å². The third-order valence-electron chi connectivity index (χ3n) is 2.77. The molecule has 1 unspecified atom stereocenters. The molecule has 0 saturated heterocycles. The monoisotopic (exact) mass is 325 g/mol. The lowest BCUT2D eigenvalue weighted by atomic mass is 10.0. The maximum atomic E-state index is 13.1. The summed E-state index contributed by atoms with van der Waals surface area (Å²) in [6.07, 6.45) is 1.21. The largest absolute Gasteiger partial charge is 0.481 e. The van der Waals surface area contributed by atoms with E-state index in [9.17, 15) is 9.50 Å². The highest BCUT2D eigenvalue weighted by atomic mass is 79.9. The van der Waals surface area contributed by atoms with E-state index in [0.717, 1.165) is 5.56 Å². The van der Waals surface area contributed by atoms with Crippen molar-refractivity contribution < 1.29 is 14.2 Å². The Labute approximate surface area is 119 Å². The number of pyridine rings is 1. The van der Waals surface area contributed by atoms with Crippen LogP contribution in [0.15, 0.2) is 41.0 Å². The summed E-state index contributed by atoms with van der Waals surface area (Å²) in [4.78, 5) is 4.04. The van der Waals surface area contributed by atoms with Gasteiger partial charge in [0.2, 0.25) is 5.88 Å². The zero-order valence-corrected chi connectivity index (χ0v) is 11.9. The average Bonchev–Trinajstić information content (AvgIpc) is 2.43. The summed E-state index contributed by atoms with van der Waals surface area (Å²) in [5.41, 5.74) is 1.44. The van der Waals surface area contributed by atoms with Crippen LogP contribution in [0.1, 0.15) is 17.2 Å². The maximum Gasteiger partial charge on any atom is 0.218 e. The van der Waals surface area contributed by atoms with Gasteiger partial charge in [0.05, 0.1) is 17.7 Å². The van der Waals surface area contributed by atoms with Crippen LogP contribution in [-0.4, -0.2) is 17.2 Å². The summed E-state index contributed by atoms with van der Waals surface area (Å²) in [5, 5.41) is 10.2. The third kappa shape index (κ3) is 3.30. The molecule has 1 heterocycles. The minimum absolute atomic E-state index is 0.322. The highest BCUT2D eigenvalue weighted by molar-refractivity contribution is 9.10. The molecule has 0 saturated carbocycles. The molecule has 0 radical (unpaired) electrons. The lowest BCUT2D eigenvalue weighted by Crippen LogP contribution is -2.05. The van der Waals surface area contributed by atoms with Crippen molar-refractivity contribution in [1.82, 2.24) is 4.98 Å². The van der Waals surface area contributed by atoms with Crippen molar-refractivity contribution in [2.45, 2.75) is 12.5 Å². The predicted octanol–water partition coefficient (Wildman–Crippen LogP) is 3.27. The van der Waals surface area contributed by atoms with Crippen molar-refractivity contribution in [3.05, 3.63) is 57.9 Å². The van der Waals surface area contributed by atoms with Gasteiger partial charge in [-0.3, -0.25) is 0 Å². The normalized spacial score (nSPS) is 12.2. The molecule has 1 N–H and O–H groups in total. The van der Waals surface area contributed by atoms with Crippen molar-refractivity contribution >= 4 is 15.9 Å². The molecule has 1 aromatic carbocycles. The van der Waals surface area contributed by atoms with E-state index in [0.29, 0.717) is 22.3 Å². The van der Waals surface area contributed by atoms with Gasteiger partial charge in [-0.1, -0.05) is 6.07 Å². The van der Waals surface area contributed by atoms with Crippen molar-refractivity contribution in [2.24, 2.45) is 0 Å². The molecule has 100 valence electrons. The number of halogens is 2. The Morgan fingerprint density at radius 1 is 1.42 bits per heavy atom. The van der Waals surface area contributed by atoms with Crippen LogP contribution in [0.25, 0.3) is 0 Å². The van der Waals surface area contributed by atoms with E-state index in [1.165, 1.54) is 13.2 Å². The molecule has 0 aliphatic heterocycles. The molecule has 5 heteroatoms. The highest BCUT2D eigenvalue weighted by Crippen LogP contribution is 2.26. The van der Waals surface area contributed by atoms with Gasteiger partial charge in [-0.15, -0.1) is 0 Å². The number of aromatic nitrogens is 1. The molecule has 0 spiro atoms. The predicted molar refractivity (Wildman–Crippen MR) is 73.6 cm³/mol. The zero-order chi connectivity index (χ0) is 13.8. The van der Waals surface area contributed by atoms with Crippen LogP contribution in [0.4, 0.5) is 4.39 Å². The van der Waals surface area contributed by atoms with E-state index in [-0.39, 0.29) is 5.82 Å². The molecule has 0 fully saturated rings. The van der Waals surface area contributed by atoms with Gasteiger partial charge in [-0.2, -0.15) is 0 Å². The first-order chi connectivity index (χ1) is 9.11. The molecule has 0 amide bonds. The zero-order valence-electron chi connectivity index (χ0n) is 10.3. The standard InChI is InChI=1S/C14H13BrFNO2/c1-19-14-10(3-2-6-17-14)13(18)8-9-4-5-12(16)11(15)7-9/h2-7,13,18H,8H2,1H3. The molecule has 3 nitrogen and oxygen atoms in total. The molecular formula is C14H13BrFNO2. The van der Waals surface area contributed by atoms with Gasteiger partial charge in [0, 0.05) is 18.2 Å². The number of methoxy groups -OCH3 is 1. The molecule has 1 atom stereocenters. The second-order valence-electron chi connectivity index (χ2n) is 4.07. The minimum Gasteiger partial charge on any atom is -0.481 e. The van der Waals surface area contributed by atoms with E-state index in [4.69, 9.17) is 4.74 Å². The first kappa shape index (κ1) is 14.0. The first-order valence-electron chi connectivity index (χ1n) is 5.72. The SMILES string of the molecule is COc1ncccc1C(O)Cc1ccc(F)c(Br)c1. The molecule has 1 aromatic heterocycles. The lowest BCUT2D eigenvalue weighted by molar-refractivity contribution is 0.173. The van der Waals surface area contributed by atoms with Crippen LogP contribution in [0.5, 0.6) is 5.88 Å².